The van der Waals surface area contributed by atoms with Gasteiger partial charge in [-0.1, -0.05) is 12.1 Å². The molecule has 0 spiro atoms. The maximum absolute atomic E-state index is 12.5. The van der Waals surface area contributed by atoms with Gasteiger partial charge in [0.05, 0.1) is 18.5 Å². The van der Waals surface area contributed by atoms with Crippen molar-refractivity contribution in [3.8, 4) is 17.1 Å². The van der Waals surface area contributed by atoms with Crippen LogP contribution in [0, 0.1) is 20.8 Å². The molecule has 2 N–H and O–H groups in total. The zero-order valence-electron chi connectivity index (χ0n) is 15.0. The first kappa shape index (κ1) is 16.8. The predicted octanol–water partition coefficient (Wildman–Crippen LogP) is 3.00. The van der Waals surface area contributed by atoms with E-state index in [-0.39, 0.29) is 5.91 Å². The SMILES string of the molecule is COc1c(NC(=O)c2cc(-c3ccc(C)c(C)c3)n[nH]2)c(C)nn1C. The number of hydrogen-bond donors (Lipinski definition) is 2. The highest BCUT2D eigenvalue weighted by Crippen LogP contribution is 2.28. The van der Waals surface area contributed by atoms with E-state index in [0.29, 0.717) is 23.0 Å². The second-order valence-corrected chi connectivity index (χ2v) is 6.01. The second-order valence-electron chi connectivity index (χ2n) is 6.01. The highest BCUT2D eigenvalue weighted by atomic mass is 16.5. The number of benzene rings is 1. The molecule has 7 heteroatoms. The molecule has 1 amide bonds. The van der Waals surface area contributed by atoms with Gasteiger partial charge >= 0.3 is 0 Å². The van der Waals surface area contributed by atoms with Crippen molar-refractivity contribution in [2.24, 2.45) is 7.05 Å². The van der Waals surface area contributed by atoms with E-state index in [1.165, 1.54) is 11.1 Å². The van der Waals surface area contributed by atoms with Crippen LogP contribution >= 0.6 is 0 Å². The third-order valence-corrected chi connectivity index (χ3v) is 4.23. The van der Waals surface area contributed by atoms with Gasteiger partial charge in [0.15, 0.2) is 0 Å². The topological polar surface area (TPSA) is 84.8 Å². The molecule has 0 aliphatic carbocycles. The molecule has 7 nitrogen and oxygen atoms in total. The van der Waals surface area contributed by atoms with E-state index in [2.05, 4.69) is 40.5 Å². The first-order chi connectivity index (χ1) is 11.9. The molecule has 0 unspecified atom stereocenters. The molecule has 0 saturated carbocycles. The summed E-state index contributed by atoms with van der Waals surface area (Å²) in [6.45, 7) is 5.92. The summed E-state index contributed by atoms with van der Waals surface area (Å²) in [7, 11) is 3.30. The predicted molar refractivity (Wildman–Crippen MR) is 95.9 cm³/mol. The van der Waals surface area contributed by atoms with Crippen LogP contribution in [0.2, 0.25) is 0 Å². The van der Waals surface area contributed by atoms with Crippen LogP contribution in [0.4, 0.5) is 5.69 Å². The van der Waals surface area contributed by atoms with Gasteiger partial charge in [-0.15, -0.1) is 0 Å². The van der Waals surface area contributed by atoms with E-state index in [4.69, 9.17) is 4.74 Å². The number of anilines is 1. The Kier molecular flexibility index (Phi) is 4.31. The minimum atomic E-state index is -0.294. The number of nitrogens with zero attached hydrogens (tertiary/aromatic N) is 3. The quantitative estimate of drug-likeness (QED) is 0.765. The molecule has 0 fully saturated rings. The van der Waals surface area contributed by atoms with Crippen molar-refractivity contribution in [2.45, 2.75) is 20.8 Å². The summed E-state index contributed by atoms with van der Waals surface area (Å²) in [5, 5.41) is 14.1. The lowest BCUT2D eigenvalue weighted by Crippen LogP contribution is -2.13. The molecule has 3 rings (SSSR count). The number of carbonyl (C=O) groups excluding carboxylic acids is 1. The zero-order chi connectivity index (χ0) is 18.1. The number of ether oxygens (including phenoxy) is 1. The van der Waals surface area contributed by atoms with Crippen molar-refractivity contribution < 1.29 is 9.53 Å². The van der Waals surface area contributed by atoms with Gasteiger partial charge in [-0.3, -0.25) is 9.89 Å². The Morgan fingerprint density at radius 3 is 2.64 bits per heavy atom. The van der Waals surface area contributed by atoms with Gasteiger partial charge in [0.1, 0.15) is 11.4 Å². The summed E-state index contributed by atoms with van der Waals surface area (Å²) in [4.78, 5) is 12.5. The van der Waals surface area contributed by atoms with Crippen LogP contribution < -0.4 is 10.1 Å². The molecular weight excluding hydrogens is 318 g/mol. The summed E-state index contributed by atoms with van der Waals surface area (Å²) < 4.78 is 6.87. The zero-order valence-corrected chi connectivity index (χ0v) is 15.0. The van der Waals surface area contributed by atoms with Crippen molar-refractivity contribution in [3.63, 3.8) is 0 Å². The van der Waals surface area contributed by atoms with Gasteiger partial charge in [-0.05, 0) is 44.0 Å². The Bertz CT molecular complexity index is 939. The van der Waals surface area contributed by atoms with Gasteiger partial charge in [-0.25, -0.2) is 4.68 Å². The van der Waals surface area contributed by atoms with Crippen LogP contribution in [0.1, 0.15) is 27.3 Å². The first-order valence-electron chi connectivity index (χ1n) is 7.92. The smallest absolute Gasteiger partial charge is 0.273 e. The minimum absolute atomic E-state index is 0.294. The molecule has 0 atom stereocenters. The third-order valence-electron chi connectivity index (χ3n) is 4.23. The number of aryl methyl sites for hydroxylation is 4. The van der Waals surface area contributed by atoms with E-state index >= 15 is 0 Å². The fourth-order valence-corrected chi connectivity index (χ4v) is 2.68. The molecule has 0 aliphatic rings. The molecule has 0 radical (unpaired) electrons. The van der Waals surface area contributed by atoms with Crippen LogP contribution in [-0.2, 0) is 7.05 Å². The molecule has 130 valence electrons. The van der Waals surface area contributed by atoms with Crippen LogP contribution in [0.3, 0.4) is 0 Å². The highest BCUT2D eigenvalue weighted by molar-refractivity contribution is 6.04. The van der Waals surface area contributed by atoms with E-state index in [1.807, 2.05) is 19.1 Å². The summed E-state index contributed by atoms with van der Waals surface area (Å²) in [5.41, 5.74) is 5.70. The number of carbonyl (C=O) groups is 1. The molecule has 25 heavy (non-hydrogen) atoms. The van der Waals surface area contributed by atoms with Gasteiger partial charge in [0.25, 0.3) is 5.91 Å². The lowest BCUT2D eigenvalue weighted by molar-refractivity contribution is 0.102. The fraction of sp³-hybridized carbons (Fsp3) is 0.278. The van der Waals surface area contributed by atoms with Gasteiger partial charge in [0.2, 0.25) is 5.88 Å². The number of nitrogens with one attached hydrogen (secondary N) is 2. The van der Waals surface area contributed by atoms with Crippen molar-refractivity contribution >= 4 is 11.6 Å². The van der Waals surface area contributed by atoms with E-state index < -0.39 is 0 Å². The average Bonchev–Trinajstić information content (AvgIpc) is 3.16. The lowest BCUT2D eigenvalue weighted by atomic mass is 10.0. The second kappa shape index (κ2) is 6.43. The van der Waals surface area contributed by atoms with Crippen molar-refractivity contribution in [1.29, 1.82) is 0 Å². The van der Waals surface area contributed by atoms with Crippen LogP contribution in [0.15, 0.2) is 24.3 Å². The minimum Gasteiger partial charge on any atom is -0.480 e. The highest BCUT2D eigenvalue weighted by Gasteiger charge is 2.19. The molecule has 1 aromatic carbocycles. The van der Waals surface area contributed by atoms with Gasteiger partial charge in [-0.2, -0.15) is 10.2 Å². The van der Waals surface area contributed by atoms with E-state index in [0.717, 1.165) is 11.3 Å². The summed E-state index contributed by atoms with van der Waals surface area (Å²) in [5.74, 6) is 0.205. The molecule has 3 aromatic rings. The maximum Gasteiger partial charge on any atom is 0.273 e. The number of hydrogen-bond acceptors (Lipinski definition) is 4. The molecule has 2 heterocycles. The Morgan fingerprint density at radius 1 is 1.20 bits per heavy atom. The Hall–Kier alpha value is -3.09. The van der Waals surface area contributed by atoms with Crippen molar-refractivity contribution in [3.05, 3.63) is 46.8 Å². The number of amides is 1. The normalized spacial score (nSPS) is 10.8. The molecule has 0 bridgehead atoms. The van der Waals surface area contributed by atoms with Crippen LogP contribution in [-0.4, -0.2) is 33.0 Å². The van der Waals surface area contributed by atoms with Crippen LogP contribution in [0.5, 0.6) is 5.88 Å². The largest absolute Gasteiger partial charge is 0.480 e. The Balaban J connectivity index is 1.85. The monoisotopic (exact) mass is 339 g/mol. The molecule has 2 aromatic heterocycles. The summed E-state index contributed by atoms with van der Waals surface area (Å²) in [6.07, 6.45) is 0. The number of aromatic nitrogens is 4. The Morgan fingerprint density at radius 2 is 1.96 bits per heavy atom. The third kappa shape index (κ3) is 3.13. The Labute approximate surface area is 146 Å². The first-order valence-corrected chi connectivity index (χ1v) is 7.92. The number of methoxy groups -OCH3 is 1. The molecule has 0 saturated heterocycles. The number of aromatic amines is 1. The fourth-order valence-electron chi connectivity index (χ4n) is 2.68. The van der Waals surface area contributed by atoms with Gasteiger partial charge in [0, 0.05) is 12.6 Å². The van der Waals surface area contributed by atoms with E-state index in [9.17, 15) is 4.79 Å². The standard InChI is InChI=1S/C18H21N5O2/c1-10-6-7-13(8-11(10)2)14-9-15(21-20-14)17(24)19-16-12(3)22-23(4)18(16)25-5/h6-9H,1-5H3,(H,19,24)(H,20,21). The van der Waals surface area contributed by atoms with E-state index in [1.54, 1.807) is 24.9 Å². The number of rotatable bonds is 4. The molecular formula is C18H21N5O2. The van der Waals surface area contributed by atoms with Crippen molar-refractivity contribution in [2.75, 3.05) is 12.4 Å². The lowest BCUT2D eigenvalue weighted by Gasteiger charge is -2.05. The summed E-state index contributed by atoms with van der Waals surface area (Å²) >= 11 is 0. The summed E-state index contributed by atoms with van der Waals surface area (Å²) in [6, 6.07) is 7.83. The number of H-pyrrole nitrogens is 1. The van der Waals surface area contributed by atoms with Gasteiger partial charge < -0.3 is 10.1 Å². The van der Waals surface area contributed by atoms with Crippen LogP contribution in [0.25, 0.3) is 11.3 Å². The van der Waals surface area contributed by atoms with Crippen molar-refractivity contribution in [1.82, 2.24) is 20.0 Å². The molecule has 0 aliphatic heterocycles. The maximum atomic E-state index is 12.5. The average molecular weight is 339 g/mol.